The van der Waals surface area contributed by atoms with Crippen LogP contribution >= 0.6 is 0 Å². The first-order valence-corrected chi connectivity index (χ1v) is 11.0. The third kappa shape index (κ3) is 4.55. The Hall–Kier alpha value is -4.20. The second-order valence-corrected chi connectivity index (χ2v) is 7.94. The van der Waals surface area contributed by atoms with Crippen molar-refractivity contribution < 1.29 is 4.79 Å². The van der Waals surface area contributed by atoms with E-state index in [0.29, 0.717) is 17.3 Å². The molecule has 5 rings (SSSR count). The molecule has 2 aromatic heterocycles. The van der Waals surface area contributed by atoms with Crippen LogP contribution in [0.5, 0.6) is 0 Å². The molecule has 166 valence electrons. The van der Waals surface area contributed by atoms with Crippen LogP contribution in [0.25, 0.3) is 11.3 Å². The van der Waals surface area contributed by atoms with E-state index in [9.17, 15) is 4.79 Å². The highest BCUT2D eigenvalue weighted by molar-refractivity contribution is 6.03. The number of para-hydroxylation sites is 1. The first kappa shape index (κ1) is 20.7. The van der Waals surface area contributed by atoms with Gasteiger partial charge < -0.3 is 15.1 Å². The number of hydrogen-bond donors (Lipinski definition) is 1. The topological polar surface area (TPSA) is 79.2 Å². The summed E-state index contributed by atoms with van der Waals surface area (Å²) >= 11 is 0. The summed E-state index contributed by atoms with van der Waals surface area (Å²) in [5.41, 5.74) is 3.97. The van der Waals surface area contributed by atoms with E-state index >= 15 is 0 Å². The van der Waals surface area contributed by atoms with E-state index in [2.05, 4.69) is 54.4 Å². The molecule has 1 aliphatic rings. The second kappa shape index (κ2) is 9.12. The van der Waals surface area contributed by atoms with Gasteiger partial charge >= 0.3 is 0 Å². The fourth-order valence-corrected chi connectivity index (χ4v) is 3.98. The van der Waals surface area contributed by atoms with E-state index in [1.54, 1.807) is 30.2 Å². The Balaban J connectivity index is 1.21. The molecule has 2 aromatic carbocycles. The summed E-state index contributed by atoms with van der Waals surface area (Å²) in [4.78, 5) is 26.3. The smallest absolute Gasteiger partial charge is 0.274 e. The fraction of sp³-hybridized carbons (Fsp3) is 0.200. The van der Waals surface area contributed by atoms with Crippen LogP contribution in [0.15, 0.2) is 79.1 Å². The number of anilines is 3. The minimum Gasteiger partial charge on any atom is -0.368 e. The van der Waals surface area contributed by atoms with Crippen LogP contribution < -0.4 is 15.1 Å². The maximum Gasteiger partial charge on any atom is 0.274 e. The van der Waals surface area contributed by atoms with Gasteiger partial charge in [0.05, 0.1) is 23.8 Å². The Morgan fingerprint density at radius 3 is 2.12 bits per heavy atom. The predicted octanol–water partition coefficient (Wildman–Crippen LogP) is 3.46. The Bertz CT molecular complexity index is 1210. The first-order chi connectivity index (χ1) is 16.2. The predicted molar refractivity (Wildman–Crippen MR) is 129 cm³/mol. The molecular formula is C25H25N7O. The lowest BCUT2D eigenvalue weighted by Crippen LogP contribution is -2.47. The molecule has 1 N–H and O–H groups in total. The number of benzene rings is 2. The van der Waals surface area contributed by atoms with Crippen molar-refractivity contribution in [3.63, 3.8) is 0 Å². The van der Waals surface area contributed by atoms with Crippen molar-refractivity contribution in [2.45, 2.75) is 0 Å². The molecule has 1 aliphatic heterocycles. The van der Waals surface area contributed by atoms with Gasteiger partial charge in [-0.2, -0.15) is 5.10 Å². The van der Waals surface area contributed by atoms with Crippen molar-refractivity contribution in [2.24, 2.45) is 7.05 Å². The number of rotatable bonds is 5. The van der Waals surface area contributed by atoms with Crippen LogP contribution in [-0.4, -0.2) is 51.8 Å². The monoisotopic (exact) mass is 439 g/mol. The van der Waals surface area contributed by atoms with Crippen LogP contribution in [0, 0.1) is 0 Å². The molecule has 0 bridgehead atoms. The zero-order chi connectivity index (χ0) is 22.6. The lowest BCUT2D eigenvalue weighted by molar-refractivity contribution is 0.101. The maximum atomic E-state index is 12.8. The van der Waals surface area contributed by atoms with E-state index < -0.39 is 0 Å². The zero-order valence-electron chi connectivity index (χ0n) is 18.4. The molecule has 0 radical (unpaired) electrons. The van der Waals surface area contributed by atoms with Gasteiger partial charge in [0.1, 0.15) is 5.69 Å². The standard InChI is InChI=1S/C25H25N7O/c1-30-23(16-22(29-30)19-8-4-2-5-9-19)24(33)28-20-17-26-25(27-18-20)32-14-12-31(13-15-32)21-10-6-3-7-11-21/h2-11,16-18H,12-15H2,1H3,(H,28,33). The van der Waals surface area contributed by atoms with Gasteiger partial charge in [-0.05, 0) is 18.2 Å². The summed E-state index contributed by atoms with van der Waals surface area (Å²) in [6, 6.07) is 22.0. The maximum absolute atomic E-state index is 12.8. The third-order valence-electron chi connectivity index (χ3n) is 5.76. The molecule has 8 nitrogen and oxygen atoms in total. The van der Waals surface area contributed by atoms with Crippen LogP contribution in [0.4, 0.5) is 17.3 Å². The number of piperazine rings is 1. The van der Waals surface area contributed by atoms with Gasteiger partial charge in [-0.3, -0.25) is 9.48 Å². The molecule has 0 aliphatic carbocycles. The zero-order valence-corrected chi connectivity index (χ0v) is 18.4. The van der Waals surface area contributed by atoms with Gasteiger partial charge in [-0.1, -0.05) is 48.5 Å². The first-order valence-electron chi connectivity index (χ1n) is 11.0. The Kier molecular flexibility index (Phi) is 5.72. The number of hydrogen-bond acceptors (Lipinski definition) is 6. The van der Waals surface area contributed by atoms with Crippen molar-refractivity contribution in [3.05, 3.63) is 84.8 Å². The number of aryl methyl sites for hydroxylation is 1. The van der Waals surface area contributed by atoms with E-state index in [1.165, 1.54) is 5.69 Å². The highest BCUT2D eigenvalue weighted by atomic mass is 16.2. The molecule has 1 fully saturated rings. The summed E-state index contributed by atoms with van der Waals surface area (Å²) in [6.07, 6.45) is 3.30. The molecule has 3 heterocycles. The average molecular weight is 440 g/mol. The molecule has 4 aromatic rings. The molecule has 1 amide bonds. The summed E-state index contributed by atoms with van der Waals surface area (Å²) in [5.74, 6) is 0.424. The van der Waals surface area contributed by atoms with Gasteiger partial charge in [-0.25, -0.2) is 9.97 Å². The van der Waals surface area contributed by atoms with Crippen LogP contribution in [0.3, 0.4) is 0 Å². The van der Waals surface area contributed by atoms with Crippen molar-refractivity contribution in [1.82, 2.24) is 19.7 Å². The van der Waals surface area contributed by atoms with Crippen LogP contribution in [0.2, 0.25) is 0 Å². The summed E-state index contributed by atoms with van der Waals surface area (Å²) in [6.45, 7) is 3.52. The second-order valence-electron chi connectivity index (χ2n) is 7.94. The number of aromatic nitrogens is 4. The number of nitrogens with one attached hydrogen (secondary N) is 1. The lowest BCUT2D eigenvalue weighted by Gasteiger charge is -2.36. The van der Waals surface area contributed by atoms with Gasteiger partial charge in [0.25, 0.3) is 5.91 Å². The molecule has 0 unspecified atom stereocenters. The normalized spacial score (nSPS) is 13.7. The SMILES string of the molecule is Cn1nc(-c2ccccc2)cc1C(=O)Nc1cnc(N2CCN(c3ccccc3)CC2)nc1. The van der Waals surface area contributed by atoms with E-state index in [0.717, 1.165) is 37.4 Å². The quantitative estimate of drug-likeness (QED) is 0.513. The number of carbonyl (C=O) groups excluding carboxylic acids is 1. The van der Waals surface area contributed by atoms with E-state index in [4.69, 9.17) is 0 Å². The summed E-state index contributed by atoms with van der Waals surface area (Å²) in [5, 5.41) is 7.33. The van der Waals surface area contributed by atoms with Crippen molar-refractivity contribution in [3.8, 4) is 11.3 Å². The molecule has 0 saturated carbocycles. The molecule has 33 heavy (non-hydrogen) atoms. The van der Waals surface area contributed by atoms with E-state index in [-0.39, 0.29) is 5.91 Å². The van der Waals surface area contributed by atoms with Crippen molar-refractivity contribution in [1.29, 1.82) is 0 Å². The van der Waals surface area contributed by atoms with Crippen molar-refractivity contribution >= 4 is 23.2 Å². The summed E-state index contributed by atoms with van der Waals surface area (Å²) in [7, 11) is 1.76. The van der Waals surface area contributed by atoms with Gasteiger partial charge in [0.15, 0.2) is 0 Å². The molecule has 8 heteroatoms. The minimum atomic E-state index is -0.250. The van der Waals surface area contributed by atoms with Crippen molar-refractivity contribution in [2.75, 3.05) is 41.3 Å². The van der Waals surface area contributed by atoms with Gasteiger partial charge in [0, 0.05) is 44.5 Å². The largest absolute Gasteiger partial charge is 0.368 e. The molecular weight excluding hydrogens is 414 g/mol. The highest BCUT2D eigenvalue weighted by Crippen LogP contribution is 2.20. The lowest BCUT2D eigenvalue weighted by atomic mass is 10.1. The number of carbonyl (C=O) groups is 1. The number of amides is 1. The Morgan fingerprint density at radius 1 is 0.848 bits per heavy atom. The Morgan fingerprint density at radius 2 is 1.45 bits per heavy atom. The Labute approximate surface area is 192 Å². The molecule has 0 atom stereocenters. The molecule has 1 saturated heterocycles. The highest BCUT2D eigenvalue weighted by Gasteiger charge is 2.20. The molecule has 0 spiro atoms. The fourth-order valence-electron chi connectivity index (χ4n) is 3.98. The van der Waals surface area contributed by atoms with Gasteiger partial charge in [-0.15, -0.1) is 0 Å². The van der Waals surface area contributed by atoms with Crippen LogP contribution in [0.1, 0.15) is 10.5 Å². The van der Waals surface area contributed by atoms with E-state index in [1.807, 2.05) is 36.4 Å². The third-order valence-corrected chi connectivity index (χ3v) is 5.76. The number of nitrogens with zero attached hydrogens (tertiary/aromatic N) is 6. The minimum absolute atomic E-state index is 0.250. The average Bonchev–Trinajstić information content (AvgIpc) is 3.27. The summed E-state index contributed by atoms with van der Waals surface area (Å²) < 4.78 is 1.58. The van der Waals surface area contributed by atoms with Crippen LogP contribution in [-0.2, 0) is 7.05 Å². The van der Waals surface area contributed by atoms with Gasteiger partial charge in [0.2, 0.25) is 5.95 Å².